The highest BCUT2D eigenvalue weighted by atomic mass is 16.3. The van der Waals surface area contributed by atoms with Gasteiger partial charge in [0.1, 0.15) is 5.82 Å². The molecule has 1 aromatic heterocycles. The first-order valence-corrected chi connectivity index (χ1v) is 6.39. The van der Waals surface area contributed by atoms with Crippen LogP contribution in [0.4, 0.5) is 5.82 Å². The monoisotopic (exact) mass is 264 g/mol. The van der Waals surface area contributed by atoms with Crippen molar-refractivity contribution in [3.63, 3.8) is 0 Å². The molecule has 6 nitrogen and oxygen atoms in total. The average Bonchev–Trinajstić information content (AvgIpc) is 2.78. The lowest BCUT2D eigenvalue weighted by molar-refractivity contribution is 0.0938. The standard InChI is InChI=1S/C13H20N4O2/c1-14-12-5-9(3-4-15-12)13(19)16-10-6-11(8-18)17(2)7-10/h3-5,10-11,18H,6-8H2,1-2H3,(H,14,15)(H,16,19)/t10-,11+/m1/s1. The summed E-state index contributed by atoms with van der Waals surface area (Å²) in [4.78, 5) is 18.3. The summed E-state index contributed by atoms with van der Waals surface area (Å²) in [6, 6.07) is 3.63. The lowest BCUT2D eigenvalue weighted by Crippen LogP contribution is -2.36. The number of carbonyl (C=O) groups excluding carboxylic acids is 1. The molecule has 0 saturated carbocycles. The fraction of sp³-hybridized carbons (Fsp3) is 0.538. The second-order valence-electron chi connectivity index (χ2n) is 4.86. The number of nitrogens with one attached hydrogen (secondary N) is 2. The number of hydrogen-bond donors (Lipinski definition) is 3. The Morgan fingerprint density at radius 3 is 3.05 bits per heavy atom. The van der Waals surface area contributed by atoms with Gasteiger partial charge in [-0.25, -0.2) is 4.98 Å². The van der Waals surface area contributed by atoms with Crippen molar-refractivity contribution in [1.29, 1.82) is 0 Å². The number of aromatic nitrogens is 1. The number of pyridine rings is 1. The highest BCUT2D eigenvalue weighted by molar-refractivity contribution is 5.95. The van der Waals surface area contributed by atoms with E-state index in [0.29, 0.717) is 11.4 Å². The van der Waals surface area contributed by atoms with Gasteiger partial charge in [-0.15, -0.1) is 0 Å². The summed E-state index contributed by atoms with van der Waals surface area (Å²) in [5, 5.41) is 15.1. The third-order valence-corrected chi connectivity index (χ3v) is 3.51. The molecule has 0 aliphatic carbocycles. The molecule has 104 valence electrons. The highest BCUT2D eigenvalue weighted by Crippen LogP contribution is 2.16. The zero-order chi connectivity index (χ0) is 13.8. The van der Waals surface area contributed by atoms with Crippen molar-refractivity contribution in [1.82, 2.24) is 15.2 Å². The average molecular weight is 264 g/mol. The van der Waals surface area contributed by atoms with E-state index >= 15 is 0 Å². The molecule has 1 amide bonds. The van der Waals surface area contributed by atoms with Crippen molar-refractivity contribution in [3.8, 4) is 0 Å². The molecule has 2 heterocycles. The van der Waals surface area contributed by atoms with Gasteiger partial charge in [0.15, 0.2) is 0 Å². The van der Waals surface area contributed by atoms with Crippen molar-refractivity contribution in [2.24, 2.45) is 0 Å². The number of nitrogens with zero attached hydrogens (tertiary/aromatic N) is 2. The topological polar surface area (TPSA) is 77.5 Å². The quantitative estimate of drug-likeness (QED) is 0.709. The van der Waals surface area contributed by atoms with Crippen molar-refractivity contribution in [2.75, 3.05) is 32.6 Å². The first-order valence-electron chi connectivity index (χ1n) is 6.39. The molecular formula is C13H20N4O2. The van der Waals surface area contributed by atoms with E-state index < -0.39 is 0 Å². The molecule has 2 rings (SSSR count). The number of hydrogen-bond acceptors (Lipinski definition) is 5. The first kappa shape index (κ1) is 13.8. The molecule has 1 fully saturated rings. The summed E-state index contributed by atoms with van der Waals surface area (Å²) in [6.45, 7) is 0.892. The Morgan fingerprint density at radius 1 is 1.63 bits per heavy atom. The normalized spacial score (nSPS) is 23.3. The molecule has 1 aromatic rings. The van der Waals surface area contributed by atoms with Crippen LogP contribution >= 0.6 is 0 Å². The van der Waals surface area contributed by atoms with E-state index in [9.17, 15) is 9.90 Å². The fourth-order valence-electron chi connectivity index (χ4n) is 2.38. The zero-order valence-corrected chi connectivity index (χ0v) is 11.3. The molecule has 3 N–H and O–H groups in total. The van der Waals surface area contributed by atoms with Gasteiger partial charge in [-0.1, -0.05) is 0 Å². The maximum Gasteiger partial charge on any atom is 0.251 e. The van der Waals surface area contributed by atoms with Crippen LogP contribution in [0.25, 0.3) is 0 Å². The fourth-order valence-corrected chi connectivity index (χ4v) is 2.38. The van der Waals surface area contributed by atoms with Crippen molar-refractivity contribution in [2.45, 2.75) is 18.5 Å². The van der Waals surface area contributed by atoms with E-state index in [0.717, 1.165) is 13.0 Å². The van der Waals surface area contributed by atoms with E-state index in [-0.39, 0.29) is 24.6 Å². The summed E-state index contributed by atoms with van der Waals surface area (Å²) in [5.74, 6) is 0.570. The number of aliphatic hydroxyl groups excluding tert-OH is 1. The smallest absolute Gasteiger partial charge is 0.251 e. The number of carbonyl (C=O) groups is 1. The van der Waals surface area contributed by atoms with E-state index in [4.69, 9.17) is 0 Å². The van der Waals surface area contributed by atoms with Crippen molar-refractivity contribution in [3.05, 3.63) is 23.9 Å². The third kappa shape index (κ3) is 3.21. The lowest BCUT2D eigenvalue weighted by atomic mass is 10.1. The van der Waals surface area contributed by atoms with Gasteiger partial charge in [-0.3, -0.25) is 9.69 Å². The van der Waals surface area contributed by atoms with Crippen LogP contribution in [0.3, 0.4) is 0 Å². The second-order valence-corrected chi connectivity index (χ2v) is 4.86. The molecule has 1 aliphatic rings. The number of anilines is 1. The summed E-state index contributed by atoms with van der Waals surface area (Å²) < 4.78 is 0. The van der Waals surface area contributed by atoms with Crippen molar-refractivity contribution >= 4 is 11.7 Å². The van der Waals surface area contributed by atoms with E-state index in [1.165, 1.54) is 0 Å². The number of rotatable bonds is 4. The molecule has 0 unspecified atom stereocenters. The molecule has 1 saturated heterocycles. The Kier molecular flexibility index (Phi) is 4.34. The maximum absolute atomic E-state index is 12.1. The molecule has 19 heavy (non-hydrogen) atoms. The molecular weight excluding hydrogens is 244 g/mol. The summed E-state index contributed by atoms with van der Waals surface area (Å²) in [7, 11) is 3.72. The predicted octanol–water partition coefficient (Wildman–Crippen LogP) is -0.0819. The molecule has 0 spiro atoms. The number of likely N-dealkylation sites (N-methyl/N-ethyl adjacent to an activating group) is 1. The Bertz CT molecular complexity index is 452. The summed E-state index contributed by atoms with van der Waals surface area (Å²) in [6.07, 6.45) is 2.39. The van der Waals surface area contributed by atoms with Crippen LogP contribution in [-0.4, -0.2) is 60.2 Å². The van der Waals surface area contributed by atoms with E-state index in [2.05, 4.69) is 20.5 Å². The lowest BCUT2D eigenvalue weighted by Gasteiger charge is -2.15. The first-order chi connectivity index (χ1) is 9.13. The predicted molar refractivity (Wildman–Crippen MR) is 73.2 cm³/mol. The molecule has 0 aromatic carbocycles. The molecule has 0 radical (unpaired) electrons. The zero-order valence-electron chi connectivity index (χ0n) is 11.3. The maximum atomic E-state index is 12.1. The van der Waals surface area contributed by atoms with Gasteiger partial charge in [-0.05, 0) is 25.6 Å². The van der Waals surface area contributed by atoms with Crippen LogP contribution < -0.4 is 10.6 Å². The van der Waals surface area contributed by atoms with Gasteiger partial charge in [0.05, 0.1) is 6.61 Å². The van der Waals surface area contributed by atoms with E-state index in [1.54, 1.807) is 25.4 Å². The summed E-state index contributed by atoms with van der Waals surface area (Å²) >= 11 is 0. The van der Waals surface area contributed by atoms with Gasteiger partial charge in [-0.2, -0.15) is 0 Å². The minimum absolute atomic E-state index is 0.0841. The van der Waals surface area contributed by atoms with Gasteiger partial charge < -0.3 is 15.7 Å². The SMILES string of the molecule is CNc1cc(C(=O)N[C@@H]2C[C@@H](CO)N(C)C2)ccn1. The van der Waals surface area contributed by atoms with Gasteiger partial charge in [0.2, 0.25) is 0 Å². The largest absolute Gasteiger partial charge is 0.395 e. The number of likely N-dealkylation sites (tertiary alicyclic amines) is 1. The molecule has 0 bridgehead atoms. The Balaban J connectivity index is 1.98. The second kappa shape index (κ2) is 5.99. The number of amides is 1. The molecule has 2 atom stereocenters. The van der Waals surface area contributed by atoms with Crippen LogP contribution in [0, 0.1) is 0 Å². The Morgan fingerprint density at radius 2 is 2.42 bits per heavy atom. The van der Waals surface area contributed by atoms with Gasteiger partial charge in [0.25, 0.3) is 5.91 Å². The third-order valence-electron chi connectivity index (χ3n) is 3.51. The van der Waals surface area contributed by atoms with Gasteiger partial charge in [0, 0.05) is 37.4 Å². The van der Waals surface area contributed by atoms with Crippen LogP contribution in [0.2, 0.25) is 0 Å². The van der Waals surface area contributed by atoms with Crippen LogP contribution in [-0.2, 0) is 0 Å². The molecule has 1 aliphatic heterocycles. The molecule has 6 heteroatoms. The van der Waals surface area contributed by atoms with Crippen LogP contribution in [0.1, 0.15) is 16.8 Å². The highest BCUT2D eigenvalue weighted by Gasteiger charge is 2.29. The number of aliphatic hydroxyl groups is 1. The van der Waals surface area contributed by atoms with Crippen LogP contribution in [0.15, 0.2) is 18.3 Å². The van der Waals surface area contributed by atoms with Crippen LogP contribution in [0.5, 0.6) is 0 Å². The van der Waals surface area contributed by atoms with Gasteiger partial charge >= 0.3 is 0 Å². The minimum Gasteiger partial charge on any atom is -0.395 e. The summed E-state index contributed by atoms with van der Waals surface area (Å²) in [5.41, 5.74) is 0.592. The Hall–Kier alpha value is -1.66. The Labute approximate surface area is 112 Å². The van der Waals surface area contributed by atoms with E-state index in [1.807, 2.05) is 7.05 Å². The van der Waals surface area contributed by atoms with Crippen molar-refractivity contribution < 1.29 is 9.90 Å². The minimum atomic E-state index is -0.101.